The quantitative estimate of drug-likeness (QED) is 0.844. The summed E-state index contributed by atoms with van der Waals surface area (Å²) in [6, 6.07) is 6.74. The molecule has 1 aromatic heterocycles. The van der Waals surface area contributed by atoms with Gasteiger partial charge in [-0.15, -0.1) is 11.3 Å². The first-order valence-corrected chi connectivity index (χ1v) is 6.87. The van der Waals surface area contributed by atoms with Gasteiger partial charge >= 0.3 is 5.97 Å². The van der Waals surface area contributed by atoms with Crippen molar-refractivity contribution in [2.75, 3.05) is 12.3 Å². The summed E-state index contributed by atoms with van der Waals surface area (Å²) in [5.41, 5.74) is 13.2. The minimum Gasteiger partial charge on any atom is -0.462 e. The maximum Gasteiger partial charge on any atom is 0.341 e. The molecule has 1 aromatic carbocycles. The number of hydrogen-bond acceptors (Lipinski definition) is 5. The summed E-state index contributed by atoms with van der Waals surface area (Å²) >= 11 is 1.26. The molecule has 1 amide bonds. The van der Waals surface area contributed by atoms with Crippen molar-refractivity contribution in [3.63, 3.8) is 0 Å². The van der Waals surface area contributed by atoms with E-state index in [0.29, 0.717) is 27.3 Å². The van der Waals surface area contributed by atoms with Crippen LogP contribution in [0.1, 0.15) is 27.6 Å². The monoisotopic (exact) mass is 290 g/mol. The van der Waals surface area contributed by atoms with Crippen molar-refractivity contribution < 1.29 is 14.3 Å². The van der Waals surface area contributed by atoms with Gasteiger partial charge in [-0.1, -0.05) is 12.1 Å². The molecule has 0 bridgehead atoms. The summed E-state index contributed by atoms with van der Waals surface area (Å²) < 4.78 is 5.00. The summed E-state index contributed by atoms with van der Waals surface area (Å²) in [7, 11) is 0. The number of rotatable bonds is 4. The number of nitrogen functional groups attached to an aromatic ring is 1. The van der Waals surface area contributed by atoms with Crippen LogP contribution in [0.3, 0.4) is 0 Å². The fourth-order valence-electron chi connectivity index (χ4n) is 1.84. The second kappa shape index (κ2) is 5.75. The lowest BCUT2D eigenvalue weighted by molar-refractivity contribution is 0.0529. The van der Waals surface area contributed by atoms with Crippen LogP contribution in [-0.4, -0.2) is 18.5 Å². The second-order valence-corrected chi connectivity index (χ2v) is 4.97. The molecule has 4 N–H and O–H groups in total. The maximum atomic E-state index is 12.0. The highest BCUT2D eigenvalue weighted by Crippen LogP contribution is 2.34. The number of carbonyl (C=O) groups is 2. The molecule has 0 aliphatic heterocycles. The zero-order valence-electron chi connectivity index (χ0n) is 10.9. The molecule has 0 saturated carbocycles. The van der Waals surface area contributed by atoms with E-state index in [9.17, 15) is 9.59 Å². The Balaban J connectivity index is 2.51. The highest BCUT2D eigenvalue weighted by atomic mass is 32.1. The van der Waals surface area contributed by atoms with Crippen LogP contribution in [0.5, 0.6) is 0 Å². The van der Waals surface area contributed by atoms with Crippen molar-refractivity contribution in [3.8, 4) is 11.1 Å². The molecule has 0 saturated heterocycles. The fourth-order valence-corrected chi connectivity index (χ4v) is 2.65. The summed E-state index contributed by atoms with van der Waals surface area (Å²) in [5, 5.41) is 2.16. The smallest absolute Gasteiger partial charge is 0.341 e. The molecule has 2 rings (SSSR count). The lowest BCUT2D eigenvalue weighted by Gasteiger charge is -2.06. The fraction of sp³-hybridized carbons (Fsp3) is 0.143. The van der Waals surface area contributed by atoms with Gasteiger partial charge < -0.3 is 16.2 Å². The zero-order chi connectivity index (χ0) is 14.7. The van der Waals surface area contributed by atoms with E-state index in [-0.39, 0.29) is 6.61 Å². The molecule has 2 aromatic rings. The number of amides is 1. The average molecular weight is 290 g/mol. The predicted octanol–water partition coefficient (Wildman–Crippen LogP) is 2.27. The van der Waals surface area contributed by atoms with Crippen LogP contribution in [0, 0.1) is 0 Å². The van der Waals surface area contributed by atoms with Crippen LogP contribution in [0.15, 0.2) is 29.6 Å². The van der Waals surface area contributed by atoms with Crippen molar-refractivity contribution in [1.29, 1.82) is 0 Å². The van der Waals surface area contributed by atoms with Crippen LogP contribution in [0.25, 0.3) is 11.1 Å². The van der Waals surface area contributed by atoms with Crippen LogP contribution >= 0.6 is 11.3 Å². The first-order chi connectivity index (χ1) is 9.54. The molecule has 1 heterocycles. The number of carbonyl (C=O) groups excluding carboxylic acids is 2. The molecule has 6 heteroatoms. The molecule has 0 atom stereocenters. The number of ether oxygens (including phenoxy) is 1. The molecule has 0 fully saturated rings. The van der Waals surface area contributed by atoms with Crippen molar-refractivity contribution in [3.05, 3.63) is 40.8 Å². The average Bonchev–Trinajstić information content (AvgIpc) is 2.81. The molecule has 5 nitrogen and oxygen atoms in total. The summed E-state index contributed by atoms with van der Waals surface area (Å²) in [6.45, 7) is 2.00. The van der Waals surface area contributed by atoms with Gasteiger partial charge in [0.05, 0.1) is 6.61 Å². The number of thiophene rings is 1. The lowest BCUT2D eigenvalue weighted by Crippen LogP contribution is -2.11. The molecule has 20 heavy (non-hydrogen) atoms. The van der Waals surface area contributed by atoms with Crippen molar-refractivity contribution >= 4 is 28.2 Å². The Morgan fingerprint density at radius 2 is 2.10 bits per heavy atom. The minimum absolute atomic E-state index is 0.273. The minimum atomic E-state index is -0.521. The topological polar surface area (TPSA) is 95.4 Å². The summed E-state index contributed by atoms with van der Waals surface area (Å²) in [5.74, 6) is -0.988. The Bertz CT molecular complexity index is 664. The van der Waals surface area contributed by atoms with Crippen molar-refractivity contribution in [2.45, 2.75) is 6.92 Å². The van der Waals surface area contributed by atoms with Gasteiger partial charge in [-0.2, -0.15) is 0 Å². The zero-order valence-corrected chi connectivity index (χ0v) is 11.7. The van der Waals surface area contributed by atoms with E-state index in [4.69, 9.17) is 16.2 Å². The number of anilines is 1. The van der Waals surface area contributed by atoms with E-state index < -0.39 is 11.9 Å². The van der Waals surface area contributed by atoms with Crippen molar-refractivity contribution in [2.24, 2.45) is 5.73 Å². The third-order valence-electron chi connectivity index (χ3n) is 2.76. The number of hydrogen-bond donors (Lipinski definition) is 2. The molecule has 104 valence electrons. The van der Waals surface area contributed by atoms with Gasteiger partial charge in [0, 0.05) is 16.5 Å². The Kier molecular flexibility index (Phi) is 4.05. The second-order valence-electron chi connectivity index (χ2n) is 4.05. The third kappa shape index (κ3) is 2.65. The van der Waals surface area contributed by atoms with Gasteiger partial charge in [0.1, 0.15) is 10.6 Å². The molecule has 0 aliphatic rings. The highest BCUT2D eigenvalue weighted by Gasteiger charge is 2.20. The molecule has 0 spiro atoms. The predicted molar refractivity (Wildman–Crippen MR) is 78.6 cm³/mol. The Labute approximate surface area is 120 Å². The van der Waals surface area contributed by atoms with E-state index in [1.54, 1.807) is 36.6 Å². The van der Waals surface area contributed by atoms with Gasteiger partial charge in [-0.05, 0) is 24.6 Å². The van der Waals surface area contributed by atoms with Crippen LogP contribution in [0.4, 0.5) is 5.00 Å². The largest absolute Gasteiger partial charge is 0.462 e. The van der Waals surface area contributed by atoms with Gasteiger partial charge in [-0.25, -0.2) is 4.79 Å². The van der Waals surface area contributed by atoms with E-state index in [1.165, 1.54) is 11.3 Å². The van der Waals surface area contributed by atoms with E-state index in [0.717, 1.165) is 0 Å². The molecular weight excluding hydrogens is 276 g/mol. The highest BCUT2D eigenvalue weighted by molar-refractivity contribution is 7.14. The molecular formula is C14H14N2O3S. The van der Waals surface area contributed by atoms with E-state index in [2.05, 4.69) is 0 Å². The van der Waals surface area contributed by atoms with Gasteiger partial charge in [0.2, 0.25) is 5.91 Å². The molecule has 0 unspecified atom stereocenters. The maximum absolute atomic E-state index is 12.0. The van der Waals surface area contributed by atoms with Crippen molar-refractivity contribution in [1.82, 2.24) is 0 Å². The van der Waals surface area contributed by atoms with Crippen LogP contribution in [-0.2, 0) is 4.74 Å². The molecule has 0 radical (unpaired) electrons. The summed E-state index contributed by atoms with van der Waals surface area (Å²) in [6.07, 6.45) is 0. The standard InChI is InChI=1S/C14H14N2O3S/c1-2-19-14(18)11-10(7-20-13(11)16)8-4-3-5-9(6-8)12(15)17/h3-7H,2,16H2,1H3,(H2,15,17). The number of esters is 1. The number of nitrogens with two attached hydrogens (primary N) is 2. The first kappa shape index (κ1) is 14.1. The van der Waals surface area contributed by atoms with Gasteiger partial charge in [0.25, 0.3) is 0 Å². The van der Waals surface area contributed by atoms with Crippen LogP contribution < -0.4 is 11.5 Å². The van der Waals surface area contributed by atoms with Crippen LogP contribution in [0.2, 0.25) is 0 Å². The Hall–Kier alpha value is -2.34. The lowest BCUT2D eigenvalue weighted by atomic mass is 10.0. The molecule has 0 aliphatic carbocycles. The number of benzene rings is 1. The Morgan fingerprint density at radius 1 is 1.35 bits per heavy atom. The van der Waals surface area contributed by atoms with E-state index in [1.807, 2.05) is 0 Å². The summed E-state index contributed by atoms with van der Waals surface area (Å²) in [4.78, 5) is 23.2. The third-order valence-corrected chi connectivity index (χ3v) is 3.57. The normalized spacial score (nSPS) is 10.2. The first-order valence-electron chi connectivity index (χ1n) is 5.99. The SMILES string of the molecule is CCOC(=O)c1c(-c2cccc(C(N)=O)c2)csc1N. The number of primary amides is 1. The van der Waals surface area contributed by atoms with E-state index >= 15 is 0 Å². The van der Waals surface area contributed by atoms with Gasteiger partial charge in [0.15, 0.2) is 0 Å². The Morgan fingerprint density at radius 3 is 2.75 bits per heavy atom. The van der Waals surface area contributed by atoms with Gasteiger partial charge in [-0.3, -0.25) is 4.79 Å².